The Balaban J connectivity index is 1.57. The molecule has 112 valence electrons. The highest BCUT2D eigenvalue weighted by Gasteiger charge is 2.56. The van der Waals surface area contributed by atoms with Crippen molar-refractivity contribution in [2.75, 3.05) is 6.61 Å². The lowest BCUT2D eigenvalue weighted by Gasteiger charge is -2.55. The van der Waals surface area contributed by atoms with Gasteiger partial charge < -0.3 is 10.1 Å². The van der Waals surface area contributed by atoms with Crippen molar-refractivity contribution in [2.24, 2.45) is 5.41 Å². The second-order valence-corrected chi connectivity index (χ2v) is 6.36. The molecule has 2 aliphatic rings. The van der Waals surface area contributed by atoms with Crippen LogP contribution in [0, 0.1) is 5.41 Å². The highest BCUT2D eigenvalue weighted by Crippen LogP contribution is 2.54. The zero-order chi connectivity index (χ0) is 14.0. The fourth-order valence-electron chi connectivity index (χ4n) is 4.12. The molecular weight excluding hydrogens is 252 g/mol. The summed E-state index contributed by atoms with van der Waals surface area (Å²) in [7, 11) is 0. The zero-order valence-electron chi connectivity index (χ0n) is 12.6. The number of nitrogens with zero attached hydrogens (tertiary/aromatic N) is 3. The third-order valence-corrected chi connectivity index (χ3v) is 5.10. The van der Waals surface area contributed by atoms with E-state index in [0.29, 0.717) is 23.6 Å². The molecule has 20 heavy (non-hydrogen) atoms. The summed E-state index contributed by atoms with van der Waals surface area (Å²) in [5, 5.41) is 7.99. The van der Waals surface area contributed by atoms with Crippen molar-refractivity contribution < 1.29 is 4.74 Å². The zero-order valence-corrected chi connectivity index (χ0v) is 12.6. The number of hydrogen-bond acceptors (Lipinski definition) is 4. The van der Waals surface area contributed by atoms with E-state index in [1.165, 1.54) is 25.7 Å². The quantitative estimate of drug-likeness (QED) is 0.864. The molecule has 2 aliphatic carbocycles. The van der Waals surface area contributed by atoms with Gasteiger partial charge in [0.25, 0.3) is 0 Å². The summed E-state index contributed by atoms with van der Waals surface area (Å²) in [5.74, 6) is 0. The second-order valence-electron chi connectivity index (χ2n) is 6.36. The molecule has 5 heteroatoms. The van der Waals surface area contributed by atoms with Crippen molar-refractivity contribution in [2.45, 2.75) is 70.7 Å². The highest BCUT2D eigenvalue weighted by atomic mass is 16.5. The molecule has 0 bridgehead atoms. The molecule has 1 heterocycles. The molecule has 0 amide bonds. The minimum atomic E-state index is 0.409. The van der Waals surface area contributed by atoms with E-state index in [9.17, 15) is 0 Å². The molecule has 2 fully saturated rings. The van der Waals surface area contributed by atoms with Crippen LogP contribution in [0.15, 0.2) is 12.7 Å². The van der Waals surface area contributed by atoms with Crippen molar-refractivity contribution in [1.82, 2.24) is 20.1 Å². The Hall–Kier alpha value is -0.940. The summed E-state index contributed by atoms with van der Waals surface area (Å²) in [6, 6.07) is 1.03. The third kappa shape index (κ3) is 2.49. The van der Waals surface area contributed by atoms with Crippen LogP contribution in [0.5, 0.6) is 0 Å². The van der Waals surface area contributed by atoms with Gasteiger partial charge in [0.2, 0.25) is 0 Å². The number of rotatable bonds is 6. The smallest absolute Gasteiger partial charge is 0.137 e. The Bertz CT molecular complexity index is 414. The molecule has 1 N–H and O–H groups in total. The Morgan fingerprint density at radius 3 is 2.90 bits per heavy atom. The molecule has 1 spiro atoms. The predicted molar refractivity (Wildman–Crippen MR) is 77.3 cm³/mol. The average Bonchev–Trinajstić information content (AvgIpc) is 3.09. The lowest BCUT2D eigenvalue weighted by Crippen LogP contribution is -2.64. The summed E-state index contributed by atoms with van der Waals surface area (Å²) in [4.78, 5) is 4.00. The summed E-state index contributed by atoms with van der Waals surface area (Å²) in [6.07, 6.45) is 10.4. The SMILES string of the molecule is CCO[C@@H]1C[C@H](N[C@@H](C)Cn2cncn2)C12CCCC2. The predicted octanol–water partition coefficient (Wildman–Crippen LogP) is 1.99. The summed E-state index contributed by atoms with van der Waals surface area (Å²) >= 11 is 0. The van der Waals surface area contributed by atoms with E-state index >= 15 is 0 Å². The molecule has 0 aliphatic heterocycles. The maximum absolute atomic E-state index is 5.97. The fourth-order valence-corrected chi connectivity index (χ4v) is 4.12. The maximum Gasteiger partial charge on any atom is 0.137 e. The van der Waals surface area contributed by atoms with E-state index in [2.05, 4.69) is 29.2 Å². The van der Waals surface area contributed by atoms with Gasteiger partial charge in [-0.05, 0) is 33.1 Å². The van der Waals surface area contributed by atoms with Gasteiger partial charge in [-0.15, -0.1) is 0 Å². The van der Waals surface area contributed by atoms with Crippen LogP contribution in [0.1, 0.15) is 46.0 Å². The van der Waals surface area contributed by atoms with Crippen LogP contribution in [0.2, 0.25) is 0 Å². The van der Waals surface area contributed by atoms with E-state index in [1.807, 2.05) is 4.68 Å². The molecule has 0 radical (unpaired) electrons. The van der Waals surface area contributed by atoms with Crippen LogP contribution >= 0.6 is 0 Å². The van der Waals surface area contributed by atoms with Gasteiger partial charge in [-0.25, -0.2) is 4.98 Å². The van der Waals surface area contributed by atoms with E-state index < -0.39 is 0 Å². The van der Waals surface area contributed by atoms with Crippen molar-refractivity contribution in [3.63, 3.8) is 0 Å². The van der Waals surface area contributed by atoms with Crippen LogP contribution in [-0.4, -0.2) is 39.6 Å². The summed E-state index contributed by atoms with van der Waals surface area (Å²) in [5.41, 5.74) is 0.409. The Morgan fingerprint density at radius 2 is 2.25 bits per heavy atom. The van der Waals surface area contributed by atoms with E-state index in [0.717, 1.165) is 19.6 Å². The molecule has 1 aromatic rings. The first kappa shape index (κ1) is 14.0. The molecule has 0 aromatic carbocycles. The first-order chi connectivity index (χ1) is 9.74. The van der Waals surface area contributed by atoms with Gasteiger partial charge in [-0.1, -0.05) is 12.8 Å². The van der Waals surface area contributed by atoms with Crippen molar-refractivity contribution in [3.8, 4) is 0 Å². The van der Waals surface area contributed by atoms with Crippen LogP contribution < -0.4 is 5.32 Å². The number of aromatic nitrogens is 3. The molecule has 3 rings (SSSR count). The molecule has 3 atom stereocenters. The van der Waals surface area contributed by atoms with Gasteiger partial charge in [0, 0.05) is 24.1 Å². The normalized spacial score (nSPS) is 29.5. The maximum atomic E-state index is 5.97. The van der Waals surface area contributed by atoms with E-state index in [1.54, 1.807) is 12.7 Å². The summed E-state index contributed by atoms with van der Waals surface area (Å²) < 4.78 is 7.87. The van der Waals surface area contributed by atoms with Crippen LogP contribution in [0.25, 0.3) is 0 Å². The van der Waals surface area contributed by atoms with Crippen LogP contribution in [0.3, 0.4) is 0 Å². The number of nitrogens with one attached hydrogen (secondary N) is 1. The largest absolute Gasteiger partial charge is 0.378 e. The van der Waals surface area contributed by atoms with E-state index in [-0.39, 0.29) is 0 Å². The fraction of sp³-hybridized carbons (Fsp3) is 0.867. The average molecular weight is 278 g/mol. The lowest BCUT2D eigenvalue weighted by atomic mass is 9.60. The molecule has 1 aromatic heterocycles. The molecule has 2 saturated carbocycles. The monoisotopic (exact) mass is 278 g/mol. The molecular formula is C15H26N4O. The first-order valence-corrected chi connectivity index (χ1v) is 7.94. The Labute approximate surface area is 121 Å². The number of hydrogen-bond donors (Lipinski definition) is 1. The van der Waals surface area contributed by atoms with Crippen molar-refractivity contribution in [1.29, 1.82) is 0 Å². The summed E-state index contributed by atoms with van der Waals surface area (Å²) in [6.45, 7) is 6.06. The van der Waals surface area contributed by atoms with Gasteiger partial charge in [0.15, 0.2) is 0 Å². The second kappa shape index (κ2) is 5.82. The van der Waals surface area contributed by atoms with Gasteiger partial charge in [-0.2, -0.15) is 5.10 Å². The Kier molecular flexibility index (Phi) is 4.08. The third-order valence-electron chi connectivity index (χ3n) is 5.10. The minimum Gasteiger partial charge on any atom is -0.378 e. The van der Waals surface area contributed by atoms with Crippen LogP contribution in [-0.2, 0) is 11.3 Å². The molecule has 0 unspecified atom stereocenters. The molecule has 5 nitrogen and oxygen atoms in total. The van der Waals surface area contributed by atoms with Gasteiger partial charge >= 0.3 is 0 Å². The lowest BCUT2D eigenvalue weighted by molar-refractivity contribution is -0.132. The van der Waals surface area contributed by atoms with Gasteiger partial charge in [0.1, 0.15) is 12.7 Å². The van der Waals surface area contributed by atoms with Crippen molar-refractivity contribution >= 4 is 0 Å². The minimum absolute atomic E-state index is 0.409. The Morgan fingerprint density at radius 1 is 1.45 bits per heavy atom. The van der Waals surface area contributed by atoms with E-state index in [4.69, 9.17) is 4.74 Å². The first-order valence-electron chi connectivity index (χ1n) is 7.94. The van der Waals surface area contributed by atoms with Gasteiger partial charge in [-0.3, -0.25) is 4.68 Å². The standard InChI is InChI=1S/C15H26N4O/c1-3-20-14-8-13(15(14)6-4-5-7-15)18-12(2)9-19-11-16-10-17-19/h10-14,18H,3-9H2,1-2H3/t12-,13-,14+/m0/s1. The van der Waals surface area contributed by atoms with Crippen LogP contribution in [0.4, 0.5) is 0 Å². The van der Waals surface area contributed by atoms with Gasteiger partial charge in [0.05, 0.1) is 12.6 Å². The highest BCUT2D eigenvalue weighted by molar-refractivity contribution is 5.10. The topological polar surface area (TPSA) is 52.0 Å². The van der Waals surface area contributed by atoms with Crippen molar-refractivity contribution in [3.05, 3.63) is 12.7 Å². The number of ether oxygens (including phenoxy) is 1. The molecule has 0 saturated heterocycles.